The van der Waals surface area contributed by atoms with Crippen molar-refractivity contribution in [3.05, 3.63) is 59.4 Å². The minimum Gasteiger partial charge on any atom is -0.480 e. The zero-order valence-electron chi connectivity index (χ0n) is 14.6. The molecule has 140 valence electrons. The molecule has 0 fully saturated rings. The molecule has 7 nitrogen and oxygen atoms in total. The fourth-order valence-corrected chi connectivity index (χ4v) is 3.16. The summed E-state index contributed by atoms with van der Waals surface area (Å²) in [6.07, 6.45) is 1.29. The maximum absolute atomic E-state index is 12.2. The molecule has 3 aromatic rings. The molecule has 0 saturated carbocycles. The number of anilines is 1. The lowest BCUT2D eigenvalue weighted by molar-refractivity contribution is -0.141. The zero-order valence-corrected chi connectivity index (χ0v) is 15.5. The summed E-state index contributed by atoms with van der Waals surface area (Å²) in [5.41, 5.74) is 2.88. The van der Waals surface area contributed by atoms with Gasteiger partial charge in [-0.05, 0) is 19.1 Å². The number of carboxylic acids is 1. The molecular formula is C19H19N3O4S. The van der Waals surface area contributed by atoms with Crippen LogP contribution >= 0.6 is 11.3 Å². The van der Waals surface area contributed by atoms with Crippen molar-refractivity contribution in [2.24, 2.45) is 0 Å². The molecule has 2 aromatic heterocycles. The largest absolute Gasteiger partial charge is 0.480 e. The van der Waals surface area contributed by atoms with E-state index in [1.165, 1.54) is 17.6 Å². The Morgan fingerprint density at radius 2 is 2.04 bits per heavy atom. The molecule has 3 rings (SSSR count). The Labute approximate surface area is 160 Å². The number of carbonyl (C=O) groups is 2. The average molecular weight is 385 g/mol. The predicted molar refractivity (Wildman–Crippen MR) is 103 cm³/mol. The lowest BCUT2D eigenvalue weighted by Gasteiger charge is -2.12. The van der Waals surface area contributed by atoms with Gasteiger partial charge in [-0.1, -0.05) is 29.8 Å². The molecule has 8 heteroatoms. The van der Waals surface area contributed by atoms with Gasteiger partial charge in [0, 0.05) is 10.9 Å². The number of aliphatic carboxylic acids is 1. The quantitative estimate of drug-likeness (QED) is 0.550. The maximum atomic E-state index is 12.2. The van der Waals surface area contributed by atoms with Crippen LogP contribution in [0.5, 0.6) is 0 Å². The van der Waals surface area contributed by atoms with Crippen LogP contribution in [-0.2, 0) is 16.1 Å². The Kier molecular flexibility index (Phi) is 6.00. The molecule has 3 N–H and O–H groups in total. The van der Waals surface area contributed by atoms with Gasteiger partial charge in [-0.15, -0.1) is 11.3 Å². The lowest BCUT2D eigenvalue weighted by Crippen LogP contribution is -2.39. The first kappa shape index (κ1) is 18.8. The van der Waals surface area contributed by atoms with Crippen LogP contribution < -0.4 is 10.6 Å². The monoisotopic (exact) mass is 385 g/mol. The van der Waals surface area contributed by atoms with Crippen molar-refractivity contribution in [2.45, 2.75) is 25.9 Å². The van der Waals surface area contributed by atoms with Crippen LogP contribution in [0.4, 0.5) is 5.13 Å². The van der Waals surface area contributed by atoms with E-state index >= 15 is 0 Å². The average Bonchev–Trinajstić information content (AvgIpc) is 3.31. The van der Waals surface area contributed by atoms with E-state index in [-0.39, 0.29) is 13.0 Å². The molecule has 0 spiro atoms. The van der Waals surface area contributed by atoms with Crippen molar-refractivity contribution < 1.29 is 19.1 Å². The van der Waals surface area contributed by atoms with Gasteiger partial charge >= 0.3 is 5.97 Å². The first-order valence-corrected chi connectivity index (χ1v) is 9.20. The predicted octanol–water partition coefficient (Wildman–Crippen LogP) is 3.28. The van der Waals surface area contributed by atoms with E-state index in [1.807, 2.05) is 36.6 Å². The highest BCUT2D eigenvalue weighted by Crippen LogP contribution is 2.25. The number of nitrogens with zero attached hydrogens (tertiary/aromatic N) is 1. The van der Waals surface area contributed by atoms with Crippen molar-refractivity contribution in [3.63, 3.8) is 0 Å². The van der Waals surface area contributed by atoms with Gasteiger partial charge in [0.05, 0.1) is 24.9 Å². The second-order valence-corrected chi connectivity index (χ2v) is 6.87. The topological polar surface area (TPSA) is 104 Å². The van der Waals surface area contributed by atoms with Crippen LogP contribution in [0, 0.1) is 6.92 Å². The highest BCUT2D eigenvalue weighted by Gasteiger charge is 2.21. The van der Waals surface area contributed by atoms with E-state index in [0.29, 0.717) is 10.9 Å². The number of furan rings is 1. The Morgan fingerprint density at radius 1 is 1.26 bits per heavy atom. The number of hydrogen-bond donors (Lipinski definition) is 3. The summed E-state index contributed by atoms with van der Waals surface area (Å²) in [5, 5.41) is 17.1. The Balaban J connectivity index is 1.57. The summed E-state index contributed by atoms with van der Waals surface area (Å²) in [6, 6.07) is 10.3. The molecule has 0 radical (unpaired) electrons. The molecule has 1 amide bonds. The molecule has 1 aromatic carbocycles. The van der Waals surface area contributed by atoms with Gasteiger partial charge in [-0.2, -0.15) is 0 Å². The molecule has 0 saturated heterocycles. The third kappa shape index (κ3) is 5.25. The van der Waals surface area contributed by atoms with Gasteiger partial charge in [0.25, 0.3) is 0 Å². The van der Waals surface area contributed by atoms with E-state index in [2.05, 4.69) is 15.6 Å². The Bertz CT molecular complexity index is 903. The van der Waals surface area contributed by atoms with Gasteiger partial charge in [0.15, 0.2) is 5.13 Å². The number of benzene rings is 1. The number of hydrogen-bond acceptors (Lipinski definition) is 6. The SMILES string of the molecule is Cc1ccc(-c2csc(NC(=O)CC(NCc3ccco3)C(=O)O)n2)cc1. The number of aromatic nitrogens is 1. The maximum Gasteiger partial charge on any atom is 0.321 e. The summed E-state index contributed by atoms with van der Waals surface area (Å²) < 4.78 is 5.15. The molecule has 0 aliphatic carbocycles. The zero-order chi connectivity index (χ0) is 19.2. The van der Waals surface area contributed by atoms with Crippen LogP contribution in [0.1, 0.15) is 17.7 Å². The Morgan fingerprint density at radius 3 is 2.70 bits per heavy atom. The van der Waals surface area contributed by atoms with Gasteiger partial charge < -0.3 is 14.8 Å². The van der Waals surface area contributed by atoms with Crippen molar-refractivity contribution in [1.29, 1.82) is 0 Å². The van der Waals surface area contributed by atoms with Crippen LogP contribution in [0.2, 0.25) is 0 Å². The summed E-state index contributed by atoms with van der Waals surface area (Å²) in [5.74, 6) is -0.917. The van der Waals surface area contributed by atoms with Crippen molar-refractivity contribution in [1.82, 2.24) is 10.3 Å². The van der Waals surface area contributed by atoms with Crippen LogP contribution in [0.15, 0.2) is 52.5 Å². The molecule has 0 bridgehead atoms. The number of thiazole rings is 1. The number of carboxylic acid groups (broad SMARTS) is 1. The summed E-state index contributed by atoms with van der Waals surface area (Å²) >= 11 is 1.30. The Hall–Kier alpha value is -2.97. The fraction of sp³-hybridized carbons (Fsp3) is 0.211. The van der Waals surface area contributed by atoms with Gasteiger partial charge in [-0.25, -0.2) is 4.98 Å². The second-order valence-electron chi connectivity index (χ2n) is 6.01. The van der Waals surface area contributed by atoms with E-state index in [0.717, 1.165) is 16.8 Å². The fourth-order valence-electron chi connectivity index (χ4n) is 2.43. The lowest BCUT2D eigenvalue weighted by atomic mass is 10.1. The molecule has 0 aliphatic heterocycles. The van der Waals surface area contributed by atoms with Gasteiger partial charge in [0.1, 0.15) is 11.8 Å². The highest BCUT2D eigenvalue weighted by atomic mass is 32.1. The minimum absolute atomic E-state index is 0.213. The van der Waals surface area contributed by atoms with Crippen LogP contribution in [0.25, 0.3) is 11.3 Å². The number of rotatable bonds is 8. The first-order chi connectivity index (χ1) is 13.0. The minimum atomic E-state index is -1.10. The summed E-state index contributed by atoms with van der Waals surface area (Å²) in [7, 11) is 0. The molecule has 27 heavy (non-hydrogen) atoms. The highest BCUT2D eigenvalue weighted by molar-refractivity contribution is 7.14. The van der Waals surface area contributed by atoms with E-state index < -0.39 is 17.9 Å². The summed E-state index contributed by atoms with van der Waals surface area (Å²) in [6.45, 7) is 2.24. The molecule has 1 unspecified atom stereocenters. The van der Waals surface area contributed by atoms with E-state index in [1.54, 1.807) is 12.1 Å². The van der Waals surface area contributed by atoms with E-state index in [4.69, 9.17) is 4.42 Å². The first-order valence-electron chi connectivity index (χ1n) is 8.32. The normalized spacial score (nSPS) is 11.9. The molecule has 0 aliphatic rings. The van der Waals surface area contributed by atoms with Crippen LogP contribution in [0.3, 0.4) is 0 Å². The van der Waals surface area contributed by atoms with Gasteiger partial charge in [0.2, 0.25) is 5.91 Å². The van der Waals surface area contributed by atoms with Crippen molar-refractivity contribution in [3.8, 4) is 11.3 Å². The third-order valence-electron chi connectivity index (χ3n) is 3.89. The summed E-state index contributed by atoms with van der Waals surface area (Å²) in [4.78, 5) is 28.0. The molecular weight excluding hydrogens is 366 g/mol. The number of carbonyl (C=O) groups excluding carboxylic acids is 1. The molecule has 1 atom stereocenters. The standard InChI is InChI=1S/C19H19N3O4S/c1-12-4-6-13(7-5-12)16-11-27-19(21-16)22-17(23)9-15(18(24)25)20-10-14-3-2-8-26-14/h2-8,11,15,20H,9-10H2,1H3,(H,24,25)(H,21,22,23). The van der Waals surface area contributed by atoms with Crippen LogP contribution in [-0.4, -0.2) is 28.0 Å². The van der Waals surface area contributed by atoms with Gasteiger partial charge in [-0.3, -0.25) is 14.9 Å². The van der Waals surface area contributed by atoms with Crippen molar-refractivity contribution >= 4 is 28.3 Å². The van der Waals surface area contributed by atoms with E-state index in [9.17, 15) is 14.7 Å². The number of aryl methyl sites for hydroxylation is 1. The van der Waals surface area contributed by atoms with Crippen molar-refractivity contribution in [2.75, 3.05) is 5.32 Å². The molecule has 2 heterocycles. The third-order valence-corrected chi connectivity index (χ3v) is 4.65. The smallest absolute Gasteiger partial charge is 0.321 e. The number of amides is 1. The number of nitrogens with one attached hydrogen (secondary N) is 2. The second kappa shape index (κ2) is 8.61.